The molecule has 13 heavy (non-hydrogen) atoms. The van der Waals surface area contributed by atoms with Crippen LogP contribution < -0.4 is 0 Å². The fraction of sp³-hybridized carbons (Fsp3) is 0.846. The first-order valence-corrected chi connectivity index (χ1v) is 5.35. The lowest BCUT2D eigenvalue weighted by molar-refractivity contribution is 0.737. The third-order valence-corrected chi connectivity index (χ3v) is 0. The van der Waals surface area contributed by atoms with Crippen molar-refractivity contribution in [1.82, 2.24) is 0 Å². The van der Waals surface area contributed by atoms with Gasteiger partial charge < -0.3 is 0 Å². The van der Waals surface area contributed by atoms with Gasteiger partial charge in [0.15, 0.2) is 0 Å². The molecule has 0 aromatic rings. The second-order valence-corrected chi connectivity index (χ2v) is 3.43. The normalized spacial score (nSPS) is 6.15. The zero-order valence-electron chi connectivity index (χ0n) is 11.1. The second-order valence-electron chi connectivity index (χ2n) is 3.43. The molecule has 0 aromatic heterocycles. The van der Waals surface area contributed by atoms with E-state index in [9.17, 15) is 0 Å². The molecular formula is C13H30. The summed E-state index contributed by atoms with van der Waals surface area (Å²) in [5.74, 6) is 3.08. The van der Waals surface area contributed by atoms with E-state index in [4.69, 9.17) is 0 Å². The number of terminal acetylenes is 1. The molecule has 0 aliphatic rings. The van der Waals surface area contributed by atoms with Crippen molar-refractivity contribution in [2.45, 2.75) is 68.2 Å². The van der Waals surface area contributed by atoms with Crippen LogP contribution in [0.4, 0.5) is 0 Å². The van der Waals surface area contributed by atoms with Crippen molar-refractivity contribution in [2.24, 2.45) is 5.92 Å². The first-order valence-electron chi connectivity index (χ1n) is 5.35. The minimum atomic E-state index is 0.833. The third-order valence-electron chi connectivity index (χ3n) is 0. The zero-order chi connectivity index (χ0) is 11.7. The van der Waals surface area contributed by atoms with Gasteiger partial charge in [0.25, 0.3) is 0 Å². The number of hydrogen-bond donors (Lipinski definition) is 0. The molecule has 82 valence electrons. The number of rotatable bonds is 0. The lowest BCUT2D eigenvalue weighted by atomic mass is 10.3. The van der Waals surface area contributed by atoms with Crippen molar-refractivity contribution in [3.63, 3.8) is 0 Å². The summed E-state index contributed by atoms with van der Waals surface area (Å²) in [6, 6.07) is 0. The molecule has 0 spiro atoms. The second kappa shape index (κ2) is 41.7. The molecule has 0 unspecified atom stereocenters. The maximum absolute atomic E-state index is 4.60. The van der Waals surface area contributed by atoms with E-state index in [1.165, 1.54) is 12.8 Å². The highest BCUT2D eigenvalue weighted by Crippen LogP contribution is 1.81. The zero-order valence-corrected chi connectivity index (χ0v) is 11.1. The van der Waals surface area contributed by atoms with Crippen molar-refractivity contribution >= 4 is 0 Å². The molecule has 0 rings (SSSR count). The average Bonchev–Trinajstić information content (AvgIpc) is 1.88. The fourth-order valence-electron chi connectivity index (χ4n) is 0. The van der Waals surface area contributed by atoms with Crippen LogP contribution in [0.25, 0.3) is 0 Å². The van der Waals surface area contributed by atoms with Crippen LogP contribution in [0.3, 0.4) is 0 Å². The van der Waals surface area contributed by atoms with Crippen LogP contribution in [0.1, 0.15) is 68.2 Å². The summed E-state index contributed by atoms with van der Waals surface area (Å²) in [6.45, 7) is 16.7. The highest BCUT2D eigenvalue weighted by Gasteiger charge is 1.68. The largest absolute Gasteiger partial charge is 0.120 e. The minimum absolute atomic E-state index is 0.833. The van der Waals surface area contributed by atoms with E-state index in [-0.39, 0.29) is 0 Å². The quantitative estimate of drug-likeness (QED) is 0.460. The van der Waals surface area contributed by atoms with E-state index in [2.05, 4.69) is 60.8 Å². The lowest BCUT2D eigenvalue weighted by Gasteiger charge is -1.79. The van der Waals surface area contributed by atoms with Gasteiger partial charge in [0.05, 0.1) is 0 Å². The predicted molar refractivity (Wildman–Crippen MR) is 66.9 cm³/mol. The Labute approximate surface area is 87.1 Å². The van der Waals surface area contributed by atoms with Gasteiger partial charge in [-0.2, -0.15) is 0 Å². The summed E-state index contributed by atoms with van der Waals surface area (Å²) in [7, 11) is 0. The molecular weight excluding hydrogens is 156 g/mol. The van der Waals surface area contributed by atoms with Crippen LogP contribution in [0.2, 0.25) is 0 Å². The fourth-order valence-corrected chi connectivity index (χ4v) is 0. The van der Waals surface area contributed by atoms with Gasteiger partial charge in [-0.05, 0) is 12.8 Å². The lowest BCUT2D eigenvalue weighted by Crippen LogP contribution is -1.66. The van der Waals surface area contributed by atoms with Crippen LogP contribution in [0, 0.1) is 18.3 Å². The van der Waals surface area contributed by atoms with Crippen LogP contribution in [-0.2, 0) is 0 Å². The van der Waals surface area contributed by atoms with Gasteiger partial charge in [0.1, 0.15) is 0 Å². The summed E-state index contributed by atoms with van der Waals surface area (Å²) < 4.78 is 0. The Morgan fingerprint density at radius 2 is 0.923 bits per heavy atom. The van der Waals surface area contributed by atoms with Crippen molar-refractivity contribution in [2.75, 3.05) is 0 Å². The molecule has 0 bridgehead atoms. The van der Waals surface area contributed by atoms with E-state index in [1.807, 2.05) is 0 Å². The van der Waals surface area contributed by atoms with Crippen molar-refractivity contribution in [1.29, 1.82) is 0 Å². The van der Waals surface area contributed by atoms with Gasteiger partial charge in [-0.1, -0.05) is 61.3 Å². The maximum Gasteiger partial charge on any atom is -0.00297 e. The topological polar surface area (TPSA) is 0 Å². The molecule has 0 heterocycles. The summed E-state index contributed by atoms with van der Waals surface area (Å²) in [5, 5.41) is 0. The summed E-state index contributed by atoms with van der Waals surface area (Å²) >= 11 is 0. The minimum Gasteiger partial charge on any atom is -0.120 e. The van der Waals surface area contributed by atoms with Crippen LogP contribution in [-0.4, -0.2) is 0 Å². The Bertz CT molecular complexity index is 59.8. The first kappa shape index (κ1) is 22.9. The standard InChI is InChI=1S/C4H10.2C3H8.C3H4/c1-4(2)3;3*1-3-2/h4H,1-3H3;2*3H2,1-2H3;1H,2H3. The van der Waals surface area contributed by atoms with E-state index in [0.717, 1.165) is 5.92 Å². The van der Waals surface area contributed by atoms with Crippen molar-refractivity contribution in [3.8, 4) is 12.3 Å². The Morgan fingerprint density at radius 3 is 0.923 bits per heavy atom. The molecule has 0 radical (unpaired) electrons. The van der Waals surface area contributed by atoms with Crippen molar-refractivity contribution < 1.29 is 0 Å². The van der Waals surface area contributed by atoms with E-state index in [1.54, 1.807) is 6.92 Å². The molecule has 0 saturated heterocycles. The molecule has 0 fully saturated rings. The molecule has 0 aromatic carbocycles. The molecule has 0 atom stereocenters. The Hall–Kier alpha value is -0.440. The molecule has 0 saturated carbocycles. The highest BCUT2D eigenvalue weighted by molar-refractivity contribution is 4.73. The SMILES string of the molecule is C#CC.CC(C)C.CCC.CCC. The number of hydrogen-bond acceptors (Lipinski definition) is 0. The van der Waals surface area contributed by atoms with Gasteiger partial charge in [-0.3, -0.25) is 0 Å². The van der Waals surface area contributed by atoms with Gasteiger partial charge in [0.2, 0.25) is 0 Å². The summed E-state index contributed by atoms with van der Waals surface area (Å²) in [6.07, 6.45) is 7.10. The molecule has 0 N–H and O–H groups in total. The van der Waals surface area contributed by atoms with Gasteiger partial charge >= 0.3 is 0 Å². The van der Waals surface area contributed by atoms with Crippen LogP contribution in [0.5, 0.6) is 0 Å². The third kappa shape index (κ3) is 5460. The first-order chi connectivity index (χ1) is 5.97. The molecule has 0 nitrogen and oxygen atoms in total. The Kier molecular flexibility index (Phi) is 73.5. The molecule has 0 amide bonds. The molecule has 0 heteroatoms. The van der Waals surface area contributed by atoms with Gasteiger partial charge in [0, 0.05) is 0 Å². The molecule has 0 aliphatic carbocycles. The average molecular weight is 186 g/mol. The molecule has 0 aliphatic heterocycles. The summed E-state index contributed by atoms with van der Waals surface area (Å²) in [5.41, 5.74) is 0. The van der Waals surface area contributed by atoms with E-state index < -0.39 is 0 Å². The van der Waals surface area contributed by atoms with Crippen LogP contribution >= 0.6 is 0 Å². The monoisotopic (exact) mass is 186 g/mol. The smallest absolute Gasteiger partial charge is 0.00297 e. The Morgan fingerprint density at radius 1 is 0.923 bits per heavy atom. The summed E-state index contributed by atoms with van der Waals surface area (Å²) in [4.78, 5) is 0. The highest BCUT2D eigenvalue weighted by atomic mass is 13.7. The Balaban J connectivity index is -0.0000000420. The maximum atomic E-state index is 4.60. The van der Waals surface area contributed by atoms with Crippen molar-refractivity contribution in [3.05, 3.63) is 0 Å². The van der Waals surface area contributed by atoms with Gasteiger partial charge in [-0.15, -0.1) is 12.3 Å². The van der Waals surface area contributed by atoms with Gasteiger partial charge in [-0.25, -0.2) is 0 Å². The van der Waals surface area contributed by atoms with Crippen LogP contribution in [0.15, 0.2) is 0 Å². The van der Waals surface area contributed by atoms with E-state index in [0.29, 0.717) is 0 Å². The predicted octanol–water partition coefficient (Wildman–Crippen LogP) is 5.13. The van der Waals surface area contributed by atoms with E-state index >= 15 is 0 Å².